The molecule has 104 valence electrons. The first-order valence-corrected chi connectivity index (χ1v) is 7.46. The zero-order chi connectivity index (χ0) is 14.8. The lowest BCUT2D eigenvalue weighted by Crippen LogP contribution is -2.02. The number of halogens is 2. The van der Waals surface area contributed by atoms with E-state index in [4.69, 9.17) is 18.0 Å². The van der Waals surface area contributed by atoms with Crippen molar-refractivity contribution in [3.8, 4) is 12.3 Å². The van der Waals surface area contributed by atoms with Crippen LogP contribution in [0.2, 0.25) is 5.15 Å². The van der Waals surface area contributed by atoms with Crippen LogP contribution in [0.5, 0.6) is 0 Å². The summed E-state index contributed by atoms with van der Waals surface area (Å²) in [6, 6.07) is 8.37. The largest absolute Gasteiger partial charge is 0.380 e. The number of nitrogens with one attached hydrogen (secondary N) is 1. The molecular formula is C16H10ClFN2S. The predicted molar refractivity (Wildman–Crippen MR) is 86.3 cm³/mol. The van der Waals surface area contributed by atoms with E-state index in [2.05, 4.69) is 16.2 Å². The van der Waals surface area contributed by atoms with Crippen molar-refractivity contribution in [1.82, 2.24) is 4.98 Å². The van der Waals surface area contributed by atoms with Crippen molar-refractivity contribution in [3.05, 3.63) is 57.8 Å². The van der Waals surface area contributed by atoms with Gasteiger partial charge in [0.25, 0.3) is 0 Å². The fraction of sp³-hybridized carbons (Fsp3) is 0.0625. The van der Waals surface area contributed by atoms with Gasteiger partial charge in [-0.25, -0.2) is 9.37 Å². The molecule has 0 saturated heterocycles. The molecule has 2 heterocycles. The van der Waals surface area contributed by atoms with E-state index in [9.17, 15) is 4.39 Å². The van der Waals surface area contributed by atoms with Crippen molar-refractivity contribution >= 4 is 38.8 Å². The average molecular weight is 317 g/mol. The summed E-state index contributed by atoms with van der Waals surface area (Å²) in [5.74, 6) is 2.35. The highest BCUT2D eigenvalue weighted by Gasteiger charge is 2.11. The molecule has 0 aliphatic heterocycles. The van der Waals surface area contributed by atoms with E-state index in [1.807, 2.05) is 5.38 Å². The van der Waals surface area contributed by atoms with Gasteiger partial charge in [0.2, 0.25) is 0 Å². The van der Waals surface area contributed by atoms with E-state index in [1.54, 1.807) is 24.3 Å². The molecule has 0 fully saturated rings. The number of aromatic nitrogens is 1. The number of thiophene rings is 1. The SMILES string of the molecule is C#Cc1csc2c(NCc3ccccc3F)cc(Cl)nc12. The summed E-state index contributed by atoms with van der Waals surface area (Å²) < 4.78 is 14.6. The minimum atomic E-state index is -0.239. The van der Waals surface area contributed by atoms with Crippen molar-refractivity contribution in [2.24, 2.45) is 0 Å². The first-order valence-electron chi connectivity index (χ1n) is 6.20. The first-order chi connectivity index (χ1) is 10.2. The van der Waals surface area contributed by atoms with Gasteiger partial charge in [-0.3, -0.25) is 0 Å². The third-order valence-corrected chi connectivity index (χ3v) is 4.27. The predicted octanol–water partition coefficient (Wildman–Crippen LogP) is 4.68. The van der Waals surface area contributed by atoms with Gasteiger partial charge in [0, 0.05) is 23.6 Å². The molecule has 0 atom stereocenters. The lowest BCUT2D eigenvalue weighted by atomic mass is 10.2. The van der Waals surface area contributed by atoms with Crippen LogP contribution >= 0.6 is 22.9 Å². The number of hydrogen-bond donors (Lipinski definition) is 1. The fourth-order valence-corrected chi connectivity index (χ4v) is 3.18. The molecule has 0 spiro atoms. The third-order valence-electron chi connectivity index (χ3n) is 3.07. The highest BCUT2D eigenvalue weighted by atomic mass is 35.5. The number of pyridine rings is 1. The number of terminal acetylenes is 1. The minimum absolute atomic E-state index is 0.239. The van der Waals surface area contributed by atoms with Gasteiger partial charge >= 0.3 is 0 Å². The topological polar surface area (TPSA) is 24.9 Å². The lowest BCUT2D eigenvalue weighted by molar-refractivity contribution is 0.613. The zero-order valence-corrected chi connectivity index (χ0v) is 12.4. The number of rotatable bonds is 3. The molecule has 0 aliphatic rings. The Labute approximate surface area is 130 Å². The Balaban J connectivity index is 1.96. The molecule has 0 amide bonds. The van der Waals surface area contributed by atoms with E-state index in [0.717, 1.165) is 10.4 Å². The van der Waals surface area contributed by atoms with Crippen molar-refractivity contribution in [2.75, 3.05) is 5.32 Å². The summed E-state index contributed by atoms with van der Waals surface area (Å²) in [7, 11) is 0. The summed E-state index contributed by atoms with van der Waals surface area (Å²) in [4.78, 5) is 4.26. The second kappa shape index (κ2) is 5.72. The molecular weight excluding hydrogens is 307 g/mol. The van der Waals surface area contributed by atoms with Gasteiger partial charge in [-0.2, -0.15) is 0 Å². The Kier molecular flexibility index (Phi) is 3.78. The van der Waals surface area contributed by atoms with Gasteiger partial charge in [0.1, 0.15) is 16.5 Å². The number of anilines is 1. The highest BCUT2D eigenvalue weighted by molar-refractivity contribution is 7.18. The van der Waals surface area contributed by atoms with Crippen molar-refractivity contribution in [3.63, 3.8) is 0 Å². The number of fused-ring (bicyclic) bond motifs is 1. The minimum Gasteiger partial charge on any atom is -0.380 e. The Morgan fingerprint density at radius 3 is 2.95 bits per heavy atom. The molecule has 2 aromatic heterocycles. The molecule has 5 heteroatoms. The molecule has 21 heavy (non-hydrogen) atoms. The second-order valence-electron chi connectivity index (χ2n) is 4.41. The monoisotopic (exact) mass is 316 g/mol. The van der Waals surface area contributed by atoms with E-state index in [-0.39, 0.29) is 5.82 Å². The Bertz CT molecular complexity index is 851. The molecule has 0 saturated carbocycles. The van der Waals surface area contributed by atoms with Crippen LogP contribution in [0.3, 0.4) is 0 Å². The Hall–Kier alpha value is -2.09. The average Bonchev–Trinajstić information content (AvgIpc) is 2.89. The molecule has 0 bridgehead atoms. The smallest absolute Gasteiger partial charge is 0.131 e. The van der Waals surface area contributed by atoms with Crippen LogP contribution in [-0.4, -0.2) is 4.98 Å². The van der Waals surface area contributed by atoms with Gasteiger partial charge < -0.3 is 5.32 Å². The fourth-order valence-electron chi connectivity index (χ4n) is 2.04. The molecule has 3 aromatic rings. The van der Waals surface area contributed by atoms with Gasteiger partial charge in [0.05, 0.1) is 16.0 Å². The zero-order valence-electron chi connectivity index (χ0n) is 10.9. The maximum Gasteiger partial charge on any atom is 0.131 e. The highest BCUT2D eigenvalue weighted by Crippen LogP contribution is 2.33. The normalized spacial score (nSPS) is 10.5. The molecule has 2 nitrogen and oxygen atoms in total. The Morgan fingerprint density at radius 2 is 2.19 bits per heavy atom. The lowest BCUT2D eigenvalue weighted by Gasteiger charge is -2.09. The van der Waals surface area contributed by atoms with Crippen LogP contribution in [-0.2, 0) is 6.54 Å². The summed E-state index contributed by atoms with van der Waals surface area (Å²) in [5, 5.41) is 5.42. The summed E-state index contributed by atoms with van der Waals surface area (Å²) in [5.41, 5.74) is 2.81. The molecule has 0 unspecified atom stereocenters. The van der Waals surface area contributed by atoms with Gasteiger partial charge in [-0.1, -0.05) is 35.7 Å². The van der Waals surface area contributed by atoms with Crippen LogP contribution in [0.1, 0.15) is 11.1 Å². The van der Waals surface area contributed by atoms with Crippen molar-refractivity contribution in [1.29, 1.82) is 0 Å². The molecule has 0 radical (unpaired) electrons. The molecule has 0 aliphatic carbocycles. The van der Waals surface area contributed by atoms with Crippen LogP contribution in [0, 0.1) is 18.2 Å². The number of hydrogen-bond acceptors (Lipinski definition) is 3. The number of benzene rings is 1. The number of nitrogens with zero attached hydrogens (tertiary/aromatic N) is 1. The molecule has 1 aromatic carbocycles. The second-order valence-corrected chi connectivity index (χ2v) is 5.68. The van der Waals surface area contributed by atoms with Crippen LogP contribution in [0.25, 0.3) is 10.2 Å². The van der Waals surface area contributed by atoms with E-state index < -0.39 is 0 Å². The molecule has 1 N–H and O–H groups in total. The van der Waals surface area contributed by atoms with E-state index in [0.29, 0.717) is 28.3 Å². The summed E-state index contributed by atoms with van der Waals surface area (Å²) in [6.45, 7) is 0.366. The quantitative estimate of drug-likeness (QED) is 0.560. The maximum atomic E-state index is 13.6. The van der Waals surface area contributed by atoms with Gasteiger partial charge in [-0.15, -0.1) is 17.8 Å². The van der Waals surface area contributed by atoms with E-state index >= 15 is 0 Å². The Morgan fingerprint density at radius 1 is 1.38 bits per heavy atom. The van der Waals surface area contributed by atoms with Crippen molar-refractivity contribution < 1.29 is 4.39 Å². The van der Waals surface area contributed by atoms with Gasteiger partial charge in [0.15, 0.2) is 0 Å². The van der Waals surface area contributed by atoms with E-state index in [1.165, 1.54) is 17.4 Å². The van der Waals surface area contributed by atoms with Crippen LogP contribution in [0.15, 0.2) is 35.7 Å². The molecule has 3 rings (SSSR count). The van der Waals surface area contributed by atoms with Crippen LogP contribution < -0.4 is 5.32 Å². The van der Waals surface area contributed by atoms with Crippen LogP contribution in [0.4, 0.5) is 10.1 Å². The first kappa shape index (κ1) is 13.9. The maximum absolute atomic E-state index is 13.6. The standard InChI is InChI=1S/C16H10ClFN2S/c1-2-10-9-21-16-13(7-14(17)20-15(10)16)19-8-11-5-3-4-6-12(11)18/h1,3-7,9H,8H2,(H,19,20). The van der Waals surface area contributed by atoms with Gasteiger partial charge in [-0.05, 0) is 6.07 Å². The van der Waals surface area contributed by atoms with Crippen molar-refractivity contribution in [2.45, 2.75) is 6.54 Å². The summed E-state index contributed by atoms with van der Waals surface area (Å²) >= 11 is 7.53. The third kappa shape index (κ3) is 2.71. The summed E-state index contributed by atoms with van der Waals surface area (Å²) in [6.07, 6.45) is 5.45.